The summed E-state index contributed by atoms with van der Waals surface area (Å²) in [6.45, 7) is 6.60. The van der Waals surface area contributed by atoms with Crippen LogP contribution in [0.4, 0.5) is 0 Å². The molecule has 1 rings (SSSR count). The van der Waals surface area contributed by atoms with E-state index in [9.17, 15) is 8.42 Å². The Labute approximate surface area is 101 Å². The molecule has 1 aliphatic rings. The molecule has 1 aliphatic heterocycles. The number of alkyl halides is 1. The van der Waals surface area contributed by atoms with Crippen LogP contribution in [0.25, 0.3) is 0 Å². The normalized spacial score (nSPS) is 26.3. The van der Waals surface area contributed by atoms with E-state index in [4.69, 9.17) is 0 Å². The maximum absolute atomic E-state index is 12.2. The molecule has 15 heavy (non-hydrogen) atoms. The molecule has 0 aromatic carbocycles. The van der Waals surface area contributed by atoms with Crippen molar-refractivity contribution >= 4 is 26.0 Å². The maximum Gasteiger partial charge on any atom is 0.219 e. The van der Waals surface area contributed by atoms with E-state index < -0.39 is 14.8 Å². The Morgan fingerprint density at radius 1 is 1.20 bits per heavy atom. The number of hydrogen-bond donors (Lipinski definition) is 0. The van der Waals surface area contributed by atoms with Gasteiger partial charge in [0.15, 0.2) is 0 Å². The molecule has 5 heteroatoms. The van der Waals surface area contributed by atoms with Gasteiger partial charge in [-0.05, 0) is 40.0 Å². The van der Waals surface area contributed by atoms with Crippen LogP contribution in [0.2, 0.25) is 0 Å². The van der Waals surface area contributed by atoms with Crippen LogP contribution in [0, 0.1) is 0 Å². The number of nitrogens with zero attached hydrogens (tertiary/aromatic N) is 1. The Morgan fingerprint density at radius 3 is 2.33 bits per heavy atom. The molecule has 0 aromatic rings. The van der Waals surface area contributed by atoms with E-state index in [1.807, 2.05) is 0 Å². The summed E-state index contributed by atoms with van der Waals surface area (Å²) in [7, 11) is -3.13. The van der Waals surface area contributed by atoms with E-state index in [0.29, 0.717) is 17.9 Å². The standard InChI is InChI=1S/C10H20BrNO2S/c1-10(2,3)15(13,14)12-7-4-5-9(11)6-8-12/h9H,4-8H2,1-3H3. The van der Waals surface area contributed by atoms with Crippen LogP contribution in [0.1, 0.15) is 40.0 Å². The molecule has 1 heterocycles. The van der Waals surface area contributed by atoms with E-state index in [1.165, 1.54) is 0 Å². The van der Waals surface area contributed by atoms with Crippen molar-refractivity contribution in [3.05, 3.63) is 0 Å². The highest BCUT2D eigenvalue weighted by molar-refractivity contribution is 9.09. The van der Waals surface area contributed by atoms with Gasteiger partial charge in [0.2, 0.25) is 10.0 Å². The molecule has 1 fully saturated rings. The predicted molar refractivity (Wildman–Crippen MR) is 66.8 cm³/mol. The fourth-order valence-electron chi connectivity index (χ4n) is 1.66. The number of hydrogen-bond acceptors (Lipinski definition) is 2. The van der Waals surface area contributed by atoms with Crippen LogP contribution in [0.5, 0.6) is 0 Å². The molecule has 1 saturated heterocycles. The Morgan fingerprint density at radius 2 is 1.80 bits per heavy atom. The SMILES string of the molecule is CC(C)(C)S(=O)(=O)N1CCCC(Br)CC1. The van der Waals surface area contributed by atoms with Gasteiger partial charge in [-0.3, -0.25) is 0 Å². The van der Waals surface area contributed by atoms with Gasteiger partial charge < -0.3 is 0 Å². The van der Waals surface area contributed by atoms with Gasteiger partial charge in [-0.2, -0.15) is 0 Å². The van der Waals surface area contributed by atoms with Crippen molar-refractivity contribution in [1.82, 2.24) is 4.31 Å². The molecule has 0 aromatic heterocycles. The topological polar surface area (TPSA) is 37.4 Å². The van der Waals surface area contributed by atoms with Gasteiger partial charge in [-0.15, -0.1) is 0 Å². The highest BCUT2D eigenvalue weighted by Crippen LogP contribution is 2.25. The van der Waals surface area contributed by atoms with Crippen LogP contribution in [-0.2, 0) is 10.0 Å². The Balaban J connectivity index is 2.80. The number of sulfonamides is 1. The number of halogens is 1. The number of rotatable bonds is 1. The van der Waals surface area contributed by atoms with Crippen LogP contribution in [0.15, 0.2) is 0 Å². The molecule has 0 amide bonds. The van der Waals surface area contributed by atoms with Crippen molar-refractivity contribution in [2.45, 2.75) is 49.6 Å². The van der Waals surface area contributed by atoms with Crippen molar-refractivity contribution in [2.24, 2.45) is 0 Å². The van der Waals surface area contributed by atoms with Gasteiger partial charge in [0.25, 0.3) is 0 Å². The molecular weight excluding hydrogens is 278 g/mol. The summed E-state index contributed by atoms with van der Waals surface area (Å²) < 4.78 is 25.3. The van der Waals surface area contributed by atoms with E-state index in [0.717, 1.165) is 19.3 Å². The molecule has 1 atom stereocenters. The van der Waals surface area contributed by atoms with Gasteiger partial charge in [0, 0.05) is 17.9 Å². The monoisotopic (exact) mass is 297 g/mol. The van der Waals surface area contributed by atoms with Crippen LogP contribution in [-0.4, -0.2) is 35.4 Å². The minimum atomic E-state index is -3.13. The molecule has 0 radical (unpaired) electrons. The zero-order valence-electron chi connectivity index (χ0n) is 9.66. The summed E-state index contributed by atoms with van der Waals surface area (Å²) >= 11 is 3.56. The van der Waals surface area contributed by atoms with Crippen molar-refractivity contribution in [1.29, 1.82) is 0 Å². The first-order valence-corrected chi connectivity index (χ1v) is 7.74. The lowest BCUT2D eigenvalue weighted by Gasteiger charge is -2.28. The van der Waals surface area contributed by atoms with Gasteiger partial charge in [-0.25, -0.2) is 12.7 Å². The van der Waals surface area contributed by atoms with Crippen molar-refractivity contribution < 1.29 is 8.42 Å². The zero-order chi connectivity index (χ0) is 11.7. The van der Waals surface area contributed by atoms with Gasteiger partial charge >= 0.3 is 0 Å². The molecule has 0 spiro atoms. The fraction of sp³-hybridized carbons (Fsp3) is 1.00. The van der Waals surface area contributed by atoms with Gasteiger partial charge in [-0.1, -0.05) is 15.9 Å². The summed E-state index contributed by atoms with van der Waals surface area (Å²) in [5, 5.41) is 0. The average Bonchev–Trinajstić information content (AvgIpc) is 2.27. The van der Waals surface area contributed by atoms with Crippen molar-refractivity contribution in [3.8, 4) is 0 Å². The van der Waals surface area contributed by atoms with E-state index in [2.05, 4.69) is 15.9 Å². The second-order valence-electron chi connectivity index (χ2n) is 5.04. The van der Waals surface area contributed by atoms with E-state index >= 15 is 0 Å². The molecule has 0 saturated carbocycles. The predicted octanol–water partition coefficient (Wildman–Crippen LogP) is 2.36. The smallest absolute Gasteiger partial charge is 0.212 e. The summed E-state index contributed by atoms with van der Waals surface area (Å²) in [4.78, 5) is 0.470. The molecular formula is C10H20BrNO2S. The van der Waals surface area contributed by atoms with Gasteiger partial charge in [0.05, 0.1) is 4.75 Å². The quantitative estimate of drug-likeness (QED) is 0.697. The molecule has 0 aliphatic carbocycles. The van der Waals surface area contributed by atoms with Crippen molar-refractivity contribution in [3.63, 3.8) is 0 Å². The highest BCUT2D eigenvalue weighted by atomic mass is 79.9. The van der Waals surface area contributed by atoms with Crippen molar-refractivity contribution in [2.75, 3.05) is 13.1 Å². The molecule has 3 nitrogen and oxygen atoms in total. The lowest BCUT2D eigenvalue weighted by Crippen LogP contribution is -2.43. The summed E-state index contributed by atoms with van der Waals surface area (Å²) in [5.74, 6) is 0. The summed E-state index contributed by atoms with van der Waals surface area (Å²) in [6, 6.07) is 0. The third kappa shape index (κ3) is 3.17. The lowest BCUT2D eigenvalue weighted by molar-refractivity contribution is 0.405. The van der Waals surface area contributed by atoms with Crippen LogP contribution < -0.4 is 0 Å². The molecule has 1 unspecified atom stereocenters. The minimum absolute atomic E-state index is 0.470. The highest BCUT2D eigenvalue weighted by Gasteiger charge is 2.35. The first-order chi connectivity index (χ1) is 6.75. The second-order valence-corrected chi connectivity index (χ2v) is 9.03. The fourth-order valence-corrected chi connectivity index (χ4v) is 3.68. The first-order valence-electron chi connectivity index (χ1n) is 5.39. The summed E-state index contributed by atoms with van der Waals surface area (Å²) in [6.07, 6.45) is 2.93. The van der Waals surface area contributed by atoms with Crippen LogP contribution >= 0.6 is 15.9 Å². The molecule has 0 N–H and O–H groups in total. The Bertz CT molecular complexity index is 308. The summed E-state index contributed by atoms with van der Waals surface area (Å²) in [5.41, 5.74) is 0. The second kappa shape index (κ2) is 4.72. The van der Waals surface area contributed by atoms with E-state index in [-0.39, 0.29) is 0 Å². The average molecular weight is 298 g/mol. The van der Waals surface area contributed by atoms with Gasteiger partial charge in [0.1, 0.15) is 0 Å². The Kier molecular flexibility index (Phi) is 4.23. The third-order valence-corrected chi connectivity index (χ3v) is 6.24. The Hall–Kier alpha value is 0.390. The molecule has 0 bridgehead atoms. The lowest BCUT2D eigenvalue weighted by atomic mass is 10.2. The largest absolute Gasteiger partial charge is 0.219 e. The van der Waals surface area contributed by atoms with Crippen LogP contribution in [0.3, 0.4) is 0 Å². The zero-order valence-corrected chi connectivity index (χ0v) is 12.1. The van der Waals surface area contributed by atoms with E-state index in [1.54, 1.807) is 25.1 Å². The third-order valence-electron chi connectivity index (χ3n) is 2.73. The first kappa shape index (κ1) is 13.5. The molecule has 90 valence electrons. The minimum Gasteiger partial charge on any atom is -0.212 e. The maximum atomic E-state index is 12.2.